The average molecular weight is 222 g/mol. The highest BCUT2D eigenvalue weighted by atomic mass is 16.3. The molecule has 0 aromatic heterocycles. The van der Waals surface area contributed by atoms with Gasteiger partial charge < -0.3 is 15.5 Å². The SMILES string of the molecule is OCC(c1cccc(O)c1)N1CCNCC1. The average Bonchev–Trinajstić information content (AvgIpc) is 2.31. The highest BCUT2D eigenvalue weighted by Crippen LogP contribution is 2.23. The third-order valence-electron chi connectivity index (χ3n) is 3.02. The van der Waals surface area contributed by atoms with Gasteiger partial charge in [0.2, 0.25) is 0 Å². The molecule has 2 rings (SSSR count). The lowest BCUT2D eigenvalue weighted by Crippen LogP contribution is -2.46. The van der Waals surface area contributed by atoms with Gasteiger partial charge in [-0.05, 0) is 17.7 Å². The Morgan fingerprint density at radius 2 is 2.06 bits per heavy atom. The fraction of sp³-hybridized carbons (Fsp3) is 0.500. The van der Waals surface area contributed by atoms with Crippen molar-refractivity contribution in [3.8, 4) is 5.75 Å². The van der Waals surface area contributed by atoms with E-state index in [0.29, 0.717) is 0 Å². The molecule has 1 aliphatic heterocycles. The summed E-state index contributed by atoms with van der Waals surface area (Å²) < 4.78 is 0. The molecule has 1 heterocycles. The first-order chi connectivity index (χ1) is 7.81. The summed E-state index contributed by atoms with van der Waals surface area (Å²) in [5, 5.41) is 22.2. The van der Waals surface area contributed by atoms with E-state index in [1.54, 1.807) is 12.1 Å². The number of aliphatic hydroxyl groups is 1. The second-order valence-corrected chi connectivity index (χ2v) is 4.08. The van der Waals surface area contributed by atoms with Crippen molar-refractivity contribution in [2.24, 2.45) is 0 Å². The van der Waals surface area contributed by atoms with E-state index < -0.39 is 0 Å². The van der Waals surface area contributed by atoms with Crippen LogP contribution < -0.4 is 5.32 Å². The molecule has 1 aromatic rings. The van der Waals surface area contributed by atoms with Gasteiger partial charge in [0.15, 0.2) is 0 Å². The zero-order valence-corrected chi connectivity index (χ0v) is 9.26. The molecule has 88 valence electrons. The van der Waals surface area contributed by atoms with Crippen molar-refractivity contribution in [2.45, 2.75) is 6.04 Å². The van der Waals surface area contributed by atoms with E-state index in [1.807, 2.05) is 12.1 Å². The molecule has 1 saturated heterocycles. The summed E-state index contributed by atoms with van der Waals surface area (Å²) in [4.78, 5) is 2.24. The lowest BCUT2D eigenvalue weighted by molar-refractivity contribution is 0.110. The molecule has 0 radical (unpaired) electrons. The molecule has 1 atom stereocenters. The van der Waals surface area contributed by atoms with E-state index in [-0.39, 0.29) is 18.4 Å². The van der Waals surface area contributed by atoms with Crippen LogP contribution in [0.4, 0.5) is 0 Å². The number of nitrogens with zero attached hydrogens (tertiary/aromatic N) is 1. The summed E-state index contributed by atoms with van der Waals surface area (Å²) in [6, 6.07) is 7.13. The van der Waals surface area contributed by atoms with Crippen molar-refractivity contribution in [1.29, 1.82) is 0 Å². The summed E-state index contributed by atoms with van der Waals surface area (Å²) in [5.74, 6) is 0.256. The minimum Gasteiger partial charge on any atom is -0.508 e. The molecule has 4 heteroatoms. The molecule has 1 fully saturated rings. The monoisotopic (exact) mass is 222 g/mol. The van der Waals surface area contributed by atoms with Gasteiger partial charge in [-0.3, -0.25) is 4.90 Å². The van der Waals surface area contributed by atoms with Gasteiger partial charge in [0, 0.05) is 26.2 Å². The second kappa shape index (κ2) is 5.30. The largest absolute Gasteiger partial charge is 0.508 e. The lowest BCUT2D eigenvalue weighted by atomic mass is 10.0. The van der Waals surface area contributed by atoms with Gasteiger partial charge in [-0.25, -0.2) is 0 Å². The number of rotatable bonds is 3. The van der Waals surface area contributed by atoms with Crippen molar-refractivity contribution in [1.82, 2.24) is 10.2 Å². The van der Waals surface area contributed by atoms with E-state index in [2.05, 4.69) is 10.2 Å². The van der Waals surface area contributed by atoms with E-state index >= 15 is 0 Å². The molecule has 1 unspecified atom stereocenters. The molecular weight excluding hydrogens is 204 g/mol. The van der Waals surface area contributed by atoms with Crippen LogP contribution in [0.2, 0.25) is 0 Å². The fourth-order valence-corrected chi connectivity index (χ4v) is 2.16. The topological polar surface area (TPSA) is 55.7 Å². The van der Waals surface area contributed by atoms with Crippen molar-refractivity contribution in [3.63, 3.8) is 0 Å². The van der Waals surface area contributed by atoms with E-state index in [1.165, 1.54) is 0 Å². The van der Waals surface area contributed by atoms with Gasteiger partial charge in [-0.2, -0.15) is 0 Å². The molecule has 4 nitrogen and oxygen atoms in total. The smallest absolute Gasteiger partial charge is 0.115 e. The molecule has 0 bridgehead atoms. The molecule has 0 spiro atoms. The van der Waals surface area contributed by atoms with Crippen LogP contribution in [0.15, 0.2) is 24.3 Å². The van der Waals surface area contributed by atoms with Gasteiger partial charge in [-0.1, -0.05) is 12.1 Å². The number of aromatic hydroxyl groups is 1. The van der Waals surface area contributed by atoms with Gasteiger partial charge >= 0.3 is 0 Å². The number of benzene rings is 1. The first kappa shape index (κ1) is 11.4. The van der Waals surface area contributed by atoms with Gasteiger partial charge in [0.1, 0.15) is 5.75 Å². The number of aliphatic hydroxyl groups excluding tert-OH is 1. The maximum atomic E-state index is 9.48. The fourth-order valence-electron chi connectivity index (χ4n) is 2.16. The Morgan fingerprint density at radius 1 is 1.31 bits per heavy atom. The van der Waals surface area contributed by atoms with E-state index in [9.17, 15) is 10.2 Å². The number of nitrogens with one attached hydrogen (secondary N) is 1. The number of piperazine rings is 1. The Hall–Kier alpha value is -1.10. The Bertz CT molecular complexity index is 338. The Balaban J connectivity index is 2.14. The van der Waals surface area contributed by atoms with E-state index in [0.717, 1.165) is 31.7 Å². The standard InChI is InChI=1S/C12H18N2O2/c15-9-12(14-6-4-13-5-7-14)10-2-1-3-11(16)8-10/h1-3,8,12-13,15-16H,4-7,9H2. The molecule has 16 heavy (non-hydrogen) atoms. The molecule has 0 aliphatic carbocycles. The second-order valence-electron chi connectivity index (χ2n) is 4.08. The molecular formula is C12H18N2O2. The summed E-state index contributed by atoms with van der Waals surface area (Å²) >= 11 is 0. The molecule has 1 aromatic carbocycles. The third-order valence-corrected chi connectivity index (χ3v) is 3.02. The van der Waals surface area contributed by atoms with Gasteiger partial charge in [0.25, 0.3) is 0 Å². The predicted octanol–water partition coefficient (Wildman–Crippen LogP) is 0.331. The van der Waals surface area contributed by atoms with Crippen LogP contribution in [-0.4, -0.2) is 47.9 Å². The predicted molar refractivity (Wildman–Crippen MR) is 62.4 cm³/mol. The van der Waals surface area contributed by atoms with Crippen LogP contribution in [0.1, 0.15) is 11.6 Å². The Morgan fingerprint density at radius 3 is 2.69 bits per heavy atom. The first-order valence-corrected chi connectivity index (χ1v) is 5.66. The third kappa shape index (κ3) is 2.52. The highest BCUT2D eigenvalue weighted by molar-refractivity contribution is 5.29. The zero-order chi connectivity index (χ0) is 11.4. The number of hydrogen-bond donors (Lipinski definition) is 3. The minimum atomic E-state index is -0.00537. The van der Waals surface area contributed by atoms with Crippen LogP contribution in [0, 0.1) is 0 Å². The van der Waals surface area contributed by atoms with Crippen molar-refractivity contribution < 1.29 is 10.2 Å². The summed E-state index contributed by atoms with van der Waals surface area (Å²) in [7, 11) is 0. The van der Waals surface area contributed by atoms with Crippen LogP contribution >= 0.6 is 0 Å². The minimum absolute atomic E-state index is 0.00537. The number of phenols is 1. The molecule has 0 saturated carbocycles. The Labute approximate surface area is 95.5 Å². The maximum absolute atomic E-state index is 9.48. The number of phenolic OH excluding ortho intramolecular Hbond substituents is 1. The van der Waals surface area contributed by atoms with Crippen LogP contribution in [0.25, 0.3) is 0 Å². The quantitative estimate of drug-likeness (QED) is 0.690. The Kier molecular flexibility index (Phi) is 3.77. The van der Waals surface area contributed by atoms with Crippen molar-refractivity contribution in [2.75, 3.05) is 32.8 Å². The molecule has 3 N–H and O–H groups in total. The van der Waals surface area contributed by atoms with Crippen LogP contribution in [0.3, 0.4) is 0 Å². The summed E-state index contributed by atoms with van der Waals surface area (Å²) in [6.45, 7) is 3.86. The van der Waals surface area contributed by atoms with Crippen molar-refractivity contribution in [3.05, 3.63) is 29.8 Å². The van der Waals surface area contributed by atoms with Crippen LogP contribution in [0.5, 0.6) is 5.75 Å². The van der Waals surface area contributed by atoms with Crippen molar-refractivity contribution >= 4 is 0 Å². The number of hydrogen-bond acceptors (Lipinski definition) is 4. The molecule has 1 aliphatic rings. The van der Waals surface area contributed by atoms with Gasteiger partial charge in [0.05, 0.1) is 12.6 Å². The zero-order valence-electron chi connectivity index (χ0n) is 9.26. The van der Waals surface area contributed by atoms with Crippen LogP contribution in [-0.2, 0) is 0 Å². The normalized spacial score (nSPS) is 19.6. The van der Waals surface area contributed by atoms with Gasteiger partial charge in [-0.15, -0.1) is 0 Å². The highest BCUT2D eigenvalue weighted by Gasteiger charge is 2.21. The lowest BCUT2D eigenvalue weighted by Gasteiger charge is -2.34. The molecule has 0 amide bonds. The maximum Gasteiger partial charge on any atom is 0.115 e. The van der Waals surface area contributed by atoms with E-state index in [4.69, 9.17) is 0 Å². The first-order valence-electron chi connectivity index (χ1n) is 5.66. The summed E-state index contributed by atoms with van der Waals surface area (Å²) in [5.41, 5.74) is 0.976. The summed E-state index contributed by atoms with van der Waals surface area (Å²) in [6.07, 6.45) is 0.